The van der Waals surface area contributed by atoms with Gasteiger partial charge in [0.15, 0.2) is 0 Å². The van der Waals surface area contributed by atoms with Crippen molar-refractivity contribution in [1.82, 2.24) is 9.88 Å². The number of likely N-dealkylation sites (tertiary alicyclic amines) is 1. The molecule has 1 amide bonds. The van der Waals surface area contributed by atoms with E-state index in [1.807, 2.05) is 30.0 Å². The second-order valence-electron chi connectivity index (χ2n) is 6.35. The fourth-order valence-electron chi connectivity index (χ4n) is 3.45. The highest BCUT2D eigenvalue weighted by atomic mass is 16.2. The first-order valence-corrected chi connectivity index (χ1v) is 8.75. The molecule has 0 aliphatic carbocycles. The van der Waals surface area contributed by atoms with Crippen molar-refractivity contribution in [3.63, 3.8) is 0 Å². The molecule has 1 aliphatic rings. The average molecular weight is 323 g/mol. The SMILES string of the molecule is CCN(C(=O)[C@@H]1CCCN(Cc2ccccc2)C1)c1ccncc1. The predicted molar refractivity (Wildman–Crippen MR) is 96.7 cm³/mol. The van der Waals surface area contributed by atoms with Gasteiger partial charge in [-0.1, -0.05) is 30.3 Å². The minimum Gasteiger partial charge on any atom is -0.312 e. The second kappa shape index (κ2) is 8.06. The number of carbonyl (C=O) groups is 1. The summed E-state index contributed by atoms with van der Waals surface area (Å²) in [5.74, 6) is 0.317. The van der Waals surface area contributed by atoms with Crippen LogP contribution in [0.15, 0.2) is 54.9 Å². The molecule has 4 heteroatoms. The highest BCUT2D eigenvalue weighted by Gasteiger charge is 2.29. The fraction of sp³-hybridized carbons (Fsp3) is 0.400. The number of hydrogen-bond donors (Lipinski definition) is 0. The first kappa shape index (κ1) is 16.7. The van der Waals surface area contributed by atoms with Gasteiger partial charge in [-0.05, 0) is 44.0 Å². The Bertz CT molecular complexity index is 644. The monoisotopic (exact) mass is 323 g/mol. The average Bonchev–Trinajstić information content (AvgIpc) is 2.64. The van der Waals surface area contributed by atoms with E-state index in [2.05, 4.69) is 34.1 Å². The molecular weight excluding hydrogens is 298 g/mol. The van der Waals surface area contributed by atoms with Gasteiger partial charge in [-0.3, -0.25) is 14.7 Å². The van der Waals surface area contributed by atoms with E-state index >= 15 is 0 Å². The number of carbonyl (C=O) groups excluding carboxylic acids is 1. The summed E-state index contributed by atoms with van der Waals surface area (Å²) < 4.78 is 0. The van der Waals surface area contributed by atoms with Crippen LogP contribution in [0.4, 0.5) is 5.69 Å². The van der Waals surface area contributed by atoms with Crippen LogP contribution in [-0.4, -0.2) is 35.4 Å². The van der Waals surface area contributed by atoms with Crippen molar-refractivity contribution >= 4 is 11.6 Å². The van der Waals surface area contributed by atoms with Gasteiger partial charge >= 0.3 is 0 Å². The Morgan fingerprint density at radius 2 is 1.96 bits per heavy atom. The Morgan fingerprint density at radius 3 is 2.67 bits per heavy atom. The van der Waals surface area contributed by atoms with E-state index in [-0.39, 0.29) is 11.8 Å². The minimum atomic E-state index is 0.0792. The van der Waals surface area contributed by atoms with Crippen molar-refractivity contribution in [1.29, 1.82) is 0 Å². The van der Waals surface area contributed by atoms with E-state index in [1.165, 1.54) is 5.56 Å². The number of nitrogens with zero attached hydrogens (tertiary/aromatic N) is 3. The lowest BCUT2D eigenvalue weighted by Gasteiger charge is -2.34. The molecule has 3 rings (SSSR count). The van der Waals surface area contributed by atoms with E-state index < -0.39 is 0 Å². The van der Waals surface area contributed by atoms with E-state index in [0.29, 0.717) is 6.54 Å². The van der Waals surface area contributed by atoms with Crippen LogP contribution in [0, 0.1) is 5.92 Å². The number of benzene rings is 1. The molecule has 4 nitrogen and oxygen atoms in total. The normalized spacial score (nSPS) is 18.3. The molecule has 126 valence electrons. The molecule has 0 saturated carbocycles. The van der Waals surface area contributed by atoms with Crippen LogP contribution in [0.2, 0.25) is 0 Å². The maximum atomic E-state index is 13.0. The van der Waals surface area contributed by atoms with Crippen molar-refractivity contribution in [2.75, 3.05) is 24.5 Å². The van der Waals surface area contributed by atoms with Crippen LogP contribution in [0.25, 0.3) is 0 Å². The van der Waals surface area contributed by atoms with Gasteiger partial charge in [0.2, 0.25) is 5.91 Å². The maximum Gasteiger partial charge on any atom is 0.231 e. The highest BCUT2D eigenvalue weighted by molar-refractivity contribution is 5.95. The van der Waals surface area contributed by atoms with Gasteiger partial charge in [-0.25, -0.2) is 0 Å². The lowest BCUT2D eigenvalue weighted by molar-refractivity contribution is -0.124. The molecule has 0 N–H and O–H groups in total. The molecule has 1 aromatic heterocycles. The summed E-state index contributed by atoms with van der Waals surface area (Å²) in [4.78, 5) is 21.3. The van der Waals surface area contributed by atoms with Crippen molar-refractivity contribution < 1.29 is 4.79 Å². The smallest absolute Gasteiger partial charge is 0.231 e. The van der Waals surface area contributed by atoms with Gasteiger partial charge in [0.1, 0.15) is 0 Å². The van der Waals surface area contributed by atoms with Crippen molar-refractivity contribution in [3.8, 4) is 0 Å². The topological polar surface area (TPSA) is 36.4 Å². The van der Waals surface area contributed by atoms with Crippen LogP contribution in [-0.2, 0) is 11.3 Å². The van der Waals surface area contributed by atoms with E-state index in [1.54, 1.807) is 12.4 Å². The molecule has 1 aromatic carbocycles. The summed E-state index contributed by atoms with van der Waals surface area (Å²) in [6, 6.07) is 14.3. The highest BCUT2D eigenvalue weighted by Crippen LogP contribution is 2.23. The number of pyridine rings is 1. The van der Waals surface area contributed by atoms with Gasteiger partial charge in [0, 0.05) is 37.7 Å². The van der Waals surface area contributed by atoms with Crippen molar-refractivity contribution in [3.05, 3.63) is 60.4 Å². The zero-order valence-electron chi connectivity index (χ0n) is 14.3. The number of aromatic nitrogens is 1. The quantitative estimate of drug-likeness (QED) is 0.847. The summed E-state index contributed by atoms with van der Waals surface area (Å²) >= 11 is 0. The Morgan fingerprint density at radius 1 is 1.21 bits per heavy atom. The molecule has 0 radical (unpaired) electrons. The lowest BCUT2D eigenvalue weighted by Crippen LogP contribution is -2.44. The predicted octanol–water partition coefficient (Wildman–Crippen LogP) is 3.35. The van der Waals surface area contributed by atoms with Crippen LogP contribution in [0.3, 0.4) is 0 Å². The van der Waals surface area contributed by atoms with Gasteiger partial charge in [-0.15, -0.1) is 0 Å². The lowest BCUT2D eigenvalue weighted by atomic mass is 9.95. The summed E-state index contributed by atoms with van der Waals surface area (Å²) in [6.45, 7) is 5.56. The number of hydrogen-bond acceptors (Lipinski definition) is 3. The molecule has 1 saturated heterocycles. The molecule has 0 unspecified atom stereocenters. The third-order valence-electron chi connectivity index (χ3n) is 4.66. The summed E-state index contributed by atoms with van der Waals surface area (Å²) in [5, 5.41) is 0. The summed E-state index contributed by atoms with van der Waals surface area (Å²) in [7, 11) is 0. The number of piperidine rings is 1. The number of rotatable bonds is 5. The molecule has 1 atom stereocenters. The van der Waals surface area contributed by atoms with Crippen LogP contribution >= 0.6 is 0 Å². The molecule has 24 heavy (non-hydrogen) atoms. The second-order valence-corrected chi connectivity index (χ2v) is 6.35. The zero-order chi connectivity index (χ0) is 16.8. The molecule has 1 fully saturated rings. The third kappa shape index (κ3) is 4.01. The van der Waals surface area contributed by atoms with Crippen molar-refractivity contribution in [2.24, 2.45) is 5.92 Å². The molecular formula is C20H25N3O. The van der Waals surface area contributed by atoms with E-state index in [0.717, 1.165) is 38.2 Å². The van der Waals surface area contributed by atoms with Crippen LogP contribution in [0.1, 0.15) is 25.3 Å². The number of amides is 1. The Balaban J connectivity index is 1.66. The molecule has 2 heterocycles. The Hall–Kier alpha value is -2.20. The summed E-state index contributed by atoms with van der Waals surface area (Å²) in [5.41, 5.74) is 2.25. The van der Waals surface area contributed by atoms with Gasteiger partial charge in [-0.2, -0.15) is 0 Å². The first-order chi connectivity index (χ1) is 11.8. The standard InChI is InChI=1S/C20H25N3O/c1-2-23(19-10-12-21-13-11-19)20(24)18-9-6-14-22(16-18)15-17-7-4-3-5-8-17/h3-5,7-8,10-13,18H,2,6,9,14-16H2,1H3/t18-/m1/s1. The largest absolute Gasteiger partial charge is 0.312 e. The minimum absolute atomic E-state index is 0.0792. The van der Waals surface area contributed by atoms with Crippen LogP contribution < -0.4 is 4.90 Å². The first-order valence-electron chi connectivity index (χ1n) is 8.75. The molecule has 2 aromatic rings. The molecule has 0 bridgehead atoms. The zero-order valence-corrected chi connectivity index (χ0v) is 14.3. The summed E-state index contributed by atoms with van der Waals surface area (Å²) in [6.07, 6.45) is 5.55. The van der Waals surface area contributed by atoms with Gasteiger partial charge in [0.25, 0.3) is 0 Å². The molecule has 0 spiro atoms. The Labute approximate surface area is 144 Å². The maximum absolute atomic E-state index is 13.0. The number of anilines is 1. The Kier molecular flexibility index (Phi) is 5.59. The van der Waals surface area contributed by atoms with E-state index in [4.69, 9.17) is 0 Å². The molecule has 1 aliphatic heterocycles. The van der Waals surface area contributed by atoms with Gasteiger partial charge in [0.05, 0.1) is 5.92 Å². The fourth-order valence-corrected chi connectivity index (χ4v) is 3.45. The third-order valence-corrected chi connectivity index (χ3v) is 4.66. The van der Waals surface area contributed by atoms with E-state index in [9.17, 15) is 4.79 Å². The van der Waals surface area contributed by atoms with Crippen molar-refractivity contribution in [2.45, 2.75) is 26.3 Å². The van der Waals surface area contributed by atoms with Gasteiger partial charge < -0.3 is 4.90 Å². The van der Waals surface area contributed by atoms with Crippen LogP contribution in [0.5, 0.6) is 0 Å².